The van der Waals surface area contributed by atoms with E-state index in [9.17, 15) is 0 Å². The SMILES string of the molecule is CCn1ccnc1C(N)C1CCCC1(C)C. The molecule has 0 radical (unpaired) electrons. The second kappa shape index (κ2) is 4.21. The van der Waals surface area contributed by atoms with Crippen molar-refractivity contribution < 1.29 is 0 Å². The standard InChI is InChI=1S/C13H23N3/c1-4-16-9-8-15-12(16)11(14)10-6-5-7-13(10,2)3/h8-11H,4-7,14H2,1-3H3. The highest BCUT2D eigenvalue weighted by Crippen LogP contribution is 2.47. The Morgan fingerprint density at radius 3 is 2.94 bits per heavy atom. The molecule has 90 valence electrons. The number of nitrogens with two attached hydrogens (primary N) is 1. The van der Waals surface area contributed by atoms with Crippen LogP contribution >= 0.6 is 0 Å². The van der Waals surface area contributed by atoms with E-state index in [1.54, 1.807) is 0 Å². The van der Waals surface area contributed by atoms with E-state index in [0.717, 1.165) is 12.4 Å². The van der Waals surface area contributed by atoms with Crippen LogP contribution < -0.4 is 5.73 Å². The molecule has 3 heteroatoms. The Balaban J connectivity index is 2.22. The summed E-state index contributed by atoms with van der Waals surface area (Å²) >= 11 is 0. The Bertz CT molecular complexity index is 354. The van der Waals surface area contributed by atoms with E-state index < -0.39 is 0 Å². The van der Waals surface area contributed by atoms with E-state index in [1.165, 1.54) is 19.3 Å². The van der Waals surface area contributed by atoms with E-state index in [0.29, 0.717) is 11.3 Å². The van der Waals surface area contributed by atoms with Gasteiger partial charge in [0.1, 0.15) is 5.82 Å². The molecule has 1 aromatic rings. The van der Waals surface area contributed by atoms with E-state index >= 15 is 0 Å². The molecule has 0 aliphatic heterocycles. The van der Waals surface area contributed by atoms with Crippen LogP contribution in [0.15, 0.2) is 12.4 Å². The molecule has 2 rings (SSSR count). The smallest absolute Gasteiger partial charge is 0.125 e. The molecule has 2 N–H and O–H groups in total. The highest BCUT2D eigenvalue weighted by atomic mass is 15.1. The van der Waals surface area contributed by atoms with Crippen molar-refractivity contribution in [3.8, 4) is 0 Å². The first-order valence-corrected chi connectivity index (χ1v) is 6.33. The van der Waals surface area contributed by atoms with Gasteiger partial charge < -0.3 is 10.3 Å². The third-order valence-corrected chi connectivity index (χ3v) is 4.16. The van der Waals surface area contributed by atoms with Crippen molar-refractivity contribution in [2.24, 2.45) is 17.1 Å². The molecular weight excluding hydrogens is 198 g/mol. The van der Waals surface area contributed by atoms with Crippen LogP contribution in [0.4, 0.5) is 0 Å². The molecule has 0 bridgehead atoms. The summed E-state index contributed by atoms with van der Waals surface area (Å²) in [5, 5.41) is 0. The first-order valence-electron chi connectivity index (χ1n) is 6.33. The van der Waals surface area contributed by atoms with Gasteiger partial charge in [0.25, 0.3) is 0 Å². The number of rotatable bonds is 3. The highest BCUT2D eigenvalue weighted by molar-refractivity contribution is 5.04. The fraction of sp³-hybridized carbons (Fsp3) is 0.769. The van der Waals surface area contributed by atoms with E-state index in [2.05, 4.69) is 30.3 Å². The van der Waals surface area contributed by atoms with Crippen LogP contribution in [-0.4, -0.2) is 9.55 Å². The van der Waals surface area contributed by atoms with Crippen LogP contribution in [0.1, 0.15) is 51.9 Å². The average Bonchev–Trinajstić information content (AvgIpc) is 2.82. The summed E-state index contributed by atoms with van der Waals surface area (Å²) in [7, 11) is 0. The van der Waals surface area contributed by atoms with E-state index in [-0.39, 0.29) is 6.04 Å². The molecule has 1 heterocycles. The molecule has 1 fully saturated rings. The van der Waals surface area contributed by atoms with Gasteiger partial charge in [-0.15, -0.1) is 0 Å². The molecule has 0 aromatic carbocycles. The fourth-order valence-corrected chi connectivity index (χ4v) is 3.08. The Morgan fingerprint density at radius 1 is 1.62 bits per heavy atom. The van der Waals surface area contributed by atoms with Gasteiger partial charge in [-0.05, 0) is 31.1 Å². The third-order valence-electron chi connectivity index (χ3n) is 4.16. The summed E-state index contributed by atoms with van der Waals surface area (Å²) in [6, 6.07) is 0.0902. The van der Waals surface area contributed by atoms with Gasteiger partial charge in [0.15, 0.2) is 0 Å². The molecule has 3 nitrogen and oxygen atoms in total. The zero-order chi connectivity index (χ0) is 11.8. The predicted octanol–water partition coefficient (Wildman–Crippen LogP) is 2.73. The highest BCUT2D eigenvalue weighted by Gasteiger charge is 2.39. The number of imidazole rings is 1. The number of hydrogen-bond donors (Lipinski definition) is 1. The summed E-state index contributed by atoms with van der Waals surface area (Å²) < 4.78 is 2.17. The lowest BCUT2D eigenvalue weighted by Gasteiger charge is -2.31. The summed E-state index contributed by atoms with van der Waals surface area (Å²) in [5.74, 6) is 1.63. The maximum atomic E-state index is 6.41. The summed E-state index contributed by atoms with van der Waals surface area (Å²) in [4.78, 5) is 4.44. The Kier molecular flexibility index (Phi) is 3.06. The fourth-order valence-electron chi connectivity index (χ4n) is 3.08. The Morgan fingerprint density at radius 2 is 2.38 bits per heavy atom. The predicted molar refractivity (Wildman–Crippen MR) is 66.0 cm³/mol. The first kappa shape index (κ1) is 11.6. The molecule has 1 aromatic heterocycles. The van der Waals surface area contributed by atoms with Crippen molar-refractivity contribution in [1.29, 1.82) is 0 Å². The molecule has 2 unspecified atom stereocenters. The van der Waals surface area contributed by atoms with Gasteiger partial charge in [0.05, 0.1) is 6.04 Å². The number of aromatic nitrogens is 2. The first-order chi connectivity index (χ1) is 7.56. The third kappa shape index (κ3) is 1.88. The van der Waals surface area contributed by atoms with Crippen LogP contribution in [0, 0.1) is 11.3 Å². The van der Waals surface area contributed by atoms with E-state index in [1.807, 2.05) is 12.4 Å². The van der Waals surface area contributed by atoms with Crippen LogP contribution in [0.3, 0.4) is 0 Å². The van der Waals surface area contributed by atoms with Gasteiger partial charge in [-0.25, -0.2) is 4.98 Å². The summed E-state index contributed by atoms with van der Waals surface area (Å²) in [6.07, 6.45) is 7.72. The van der Waals surface area contributed by atoms with Crippen molar-refractivity contribution in [3.05, 3.63) is 18.2 Å². The van der Waals surface area contributed by atoms with Crippen LogP contribution in [0.5, 0.6) is 0 Å². The van der Waals surface area contributed by atoms with Gasteiger partial charge >= 0.3 is 0 Å². The molecule has 1 aliphatic carbocycles. The maximum absolute atomic E-state index is 6.41. The molecule has 0 saturated heterocycles. The molecule has 1 saturated carbocycles. The lowest BCUT2D eigenvalue weighted by atomic mass is 9.77. The van der Waals surface area contributed by atoms with E-state index in [4.69, 9.17) is 5.73 Å². The topological polar surface area (TPSA) is 43.8 Å². The van der Waals surface area contributed by atoms with Gasteiger partial charge in [-0.2, -0.15) is 0 Å². The van der Waals surface area contributed by atoms with Crippen molar-refractivity contribution in [1.82, 2.24) is 9.55 Å². The molecular formula is C13H23N3. The Labute approximate surface area is 98.1 Å². The summed E-state index contributed by atoms with van der Waals surface area (Å²) in [5.41, 5.74) is 6.78. The minimum Gasteiger partial charge on any atom is -0.334 e. The van der Waals surface area contributed by atoms with Gasteiger partial charge in [-0.3, -0.25) is 0 Å². The molecule has 0 spiro atoms. The van der Waals surface area contributed by atoms with Crippen LogP contribution in [0.2, 0.25) is 0 Å². The molecule has 1 aliphatic rings. The molecule has 0 amide bonds. The quantitative estimate of drug-likeness (QED) is 0.853. The Hall–Kier alpha value is -0.830. The molecule has 2 atom stereocenters. The maximum Gasteiger partial charge on any atom is 0.125 e. The zero-order valence-corrected chi connectivity index (χ0v) is 10.6. The monoisotopic (exact) mass is 221 g/mol. The van der Waals surface area contributed by atoms with Crippen molar-refractivity contribution in [3.63, 3.8) is 0 Å². The lowest BCUT2D eigenvalue weighted by molar-refractivity contribution is 0.214. The normalized spacial score (nSPS) is 25.9. The number of nitrogens with zero attached hydrogens (tertiary/aromatic N) is 2. The summed E-state index contributed by atoms with van der Waals surface area (Å²) in [6.45, 7) is 7.77. The minimum atomic E-state index is 0.0902. The number of aryl methyl sites for hydroxylation is 1. The van der Waals surface area contributed by atoms with Gasteiger partial charge in [-0.1, -0.05) is 20.3 Å². The average molecular weight is 221 g/mol. The second-order valence-electron chi connectivity index (χ2n) is 5.58. The van der Waals surface area contributed by atoms with Crippen molar-refractivity contribution in [2.45, 2.75) is 52.6 Å². The van der Waals surface area contributed by atoms with Crippen LogP contribution in [-0.2, 0) is 6.54 Å². The zero-order valence-electron chi connectivity index (χ0n) is 10.6. The lowest BCUT2D eigenvalue weighted by Crippen LogP contribution is -2.31. The largest absolute Gasteiger partial charge is 0.334 e. The van der Waals surface area contributed by atoms with Crippen molar-refractivity contribution >= 4 is 0 Å². The van der Waals surface area contributed by atoms with Gasteiger partial charge in [0.2, 0.25) is 0 Å². The van der Waals surface area contributed by atoms with Crippen LogP contribution in [0.25, 0.3) is 0 Å². The second-order valence-corrected chi connectivity index (χ2v) is 5.58. The number of hydrogen-bond acceptors (Lipinski definition) is 2. The van der Waals surface area contributed by atoms with Gasteiger partial charge in [0, 0.05) is 18.9 Å². The molecule has 16 heavy (non-hydrogen) atoms. The minimum absolute atomic E-state index is 0.0902. The van der Waals surface area contributed by atoms with Crippen molar-refractivity contribution in [2.75, 3.05) is 0 Å².